The molecule has 0 aliphatic carbocycles. The quantitative estimate of drug-likeness (QED) is 0.629. The minimum absolute atomic E-state index is 0.129. The van der Waals surface area contributed by atoms with Gasteiger partial charge in [-0.3, -0.25) is 0 Å². The number of hydrogen-bond donors (Lipinski definition) is 0. The van der Waals surface area contributed by atoms with Gasteiger partial charge in [0.15, 0.2) is 0 Å². The summed E-state index contributed by atoms with van der Waals surface area (Å²) in [6.07, 6.45) is 0. The van der Waals surface area contributed by atoms with Crippen LogP contribution in [0, 0.1) is 5.82 Å². The van der Waals surface area contributed by atoms with Gasteiger partial charge in [0.25, 0.3) is 8.32 Å². The van der Waals surface area contributed by atoms with E-state index >= 15 is 0 Å². The van der Waals surface area contributed by atoms with Crippen LogP contribution in [-0.2, 0) is 10.2 Å². The van der Waals surface area contributed by atoms with Crippen molar-refractivity contribution in [3.8, 4) is 5.75 Å². The van der Waals surface area contributed by atoms with Gasteiger partial charge in [-0.1, -0.05) is 20.8 Å². The van der Waals surface area contributed by atoms with Crippen LogP contribution in [0.5, 0.6) is 5.75 Å². The highest BCUT2D eigenvalue weighted by atomic mass is 32.3. The average molecular weight is 308 g/mol. The van der Waals surface area contributed by atoms with Gasteiger partial charge in [0, 0.05) is 0 Å². The van der Waals surface area contributed by atoms with Crippen LogP contribution in [0.1, 0.15) is 20.8 Å². The lowest BCUT2D eigenvalue weighted by atomic mass is 10.2. The van der Waals surface area contributed by atoms with Crippen LogP contribution in [-0.4, -0.2) is 16.7 Å². The van der Waals surface area contributed by atoms with E-state index in [1.54, 1.807) is 0 Å². The molecule has 0 aromatic heterocycles. The normalized spacial score (nSPS) is 13.4. The van der Waals surface area contributed by atoms with Gasteiger partial charge in [0.05, 0.1) is 0 Å². The Hall–Kier alpha value is -0.953. The molecule has 0 amide bonds. The van der Waals surface area contributed by atoms with Crippen LogP contribution < -0.4 is 4.43 Å². The van der Waals surface area contributed by atoms with E-state index in [-0.39, 0.29) is 10.8 Å². The van der Waals surface area contributed by atoms with E-state index in [9.17, 15) is 16.7 Å². The summed E-state index contributed by atoms with van der Waals surface area (Å²) in [5.74, 6) is -0.950. The summed E-state index contributed by atoms with van der Waals surface area (Å²) in [4.78, 5) is -0.752. The molecule has 1 aromatic carbocycles. The van der Waals surface area contributed by atoms with Crippen molar-refractivity contribution in [1.29, 1.82) is 0 Å². The molecule has 7 heteroatoms. The summed E-state index contributed by atoms with van der Waals surface area (Å²) in [5.41, 5.74) is 0. The lowest BCUT2D eigenvalue weighted by Crippen LogP contribution is -2.44. The van der Waals surface area contributed by atoms with Crippen LogP contribution in [0.2, 0.25) is 18.1 Å². The topological polar surface area (TPSA) is 43.4 Å². The third-order valence-electron chi connectivity index (χ3n) is 3.34. The second kappa shape index (κ2) is 4.86. The highest BCUT2D eigenvalue weighted by Gasteiger charge is 2.40. The Balaban J connectivity index is 3.31. The van der Waals surface area contributed by atoms with Crippen LogP contribution in [0.25, 0.3) is 0 Å². The van der Waals surface area contributed by atoms with Crippen molar-refractivity contribution in [2.45, 2.75) is 43.8 Å². The molecule has 0 atom stereocenters. The Morgan fingerprint density at radius 2 is 1.74 bits per heavy atom. The van der Waals surface area contributed by atoms with Crippen molar-refractivity contribution in [3.05, 3.63) is 24.0 Å². The molecule has 0 N–H and O–H groups in total. The second-order valence-corrected chi connectivity index (χ2v) is 11.9. The molecule has 0 spiro atoms. The number of hydrogen-bond acceptors (Lipinski definition) is 3. The summed E-state index contributed by atoms with van der Waals surface area (Å²) >= 11 is 0. The van der Waals surface area contributed by atoms with Crippen molar-refractivity contribution in [2.75, 3.05) is 0 Å². The second-order valence-electron chi connectivity index (χ2n) is 5.89. The van der Waals surface area contributed by atoms with E-state index in [1.807, 2.05) is 33.9 Å². The molecule has 0 unspecified atom stereocenters. The fraction of sp³-hybridized carbons (Fsp3) is 0.500. The first-order valence-corrected chi connectivity index (χ1v) is 10.1. The Bertz CT molecular complexity index is 577. The molecule has 0 heterocycles. The molecule has 0 saturated heterocycles. The third kappa shape index (κ3) is 3.76. The van der Waals surface area contributed by atoms with Crippen LogP contribution >= 0.6 is 0 Å². The zero-order valence-corrected chi connectivity index (χ0v) is 13.4. The van der Waals surface area contributed by atoms with Gasteiger partial charge in [0.2, 0.25) is 0 Å². The van der Waals surface area contributed by atoms with Crippen molar-refractivity contribution < 1.29 is 21.1 Å². The molecule has 108 valence electrons. The van der Waals surface area contributed by atoms with Crippen molar-refractivity contribution in [1.82, 2.24) is 0 Å². The van der Waals surface area contributed by atoms with Gasteiger partial charge in [-0.15, -0.1) is 3.89 Å². The lowest BCUT2D eigenvalue weighted by molar-refractivity contribution is 0.473. The van der Waals surface area contributed by atoms with E-state index < -0.39 is 29.3 Å². The Kier molecular flexibility index (Phi) is 4.12. The molecule has 0 fully saturated rings. The Morgan fingerprint density at radius 3 is 2.16 bits per heavy atom. The van der Waals surface area contributed by atoms with E-state index in [1.165, 1.54) is 0 Å². The van der Waals surface area contributed by atoms with Crippen LogP contribution in [0.4, 0.5) is 8.28 Å². The largest absolute Gasteiger partial charge is 0.543 e. The van der Waals surface area contributed by atoms with Gasteiger partial charge >= 0.3 is 10.2 Å². The van der Waals surface area contributed by atoms with E-state index in [4.69, 9.17) is 4.43 Å². The van der Waals surface area contributed by atoms with Gasteiger partial charge in [-0.05, 0) is 36.3 Å². The molecule has 19 heavy (non-hydrogen) atoms. The van der Waals surface area contributed by atoms with Crippen molar-refractivity contribution in [2.24, 2.45) is 0 Å². The zero-order chi connectivity index (χ0) is 15.1. The maximum absolute atomic E-state index is 13.2. The lowest BCUT2D eigenvalue weighted by Gasteiger charge is -2.36. The summed E-state index contributed by atoms with van der Waals surface area (Å²) in [7, 11) is -7.34. The van der Waals surface area contributed by atoms with Gasteiger partial charge in [-0.2, -0.15) is 8.42 Å². The molecule has 0 radical (unpaired) electrons. The molecular formula is C12H18F2O3SSi. The van der Waals surface area contributed by atoms with Crippen molar-refractivity contribution in [3.63, 3.8) is 0 Å². The molecule has 1 aromatic rings. The number of halogens is 2. The minimum atomic E-state index is -5.02. The molecule has 0 aliphatic heterocycles. The van der Waals surface area contributed by atoms with Crippen molar-refractivity contribution >= 4 is 18.5 Å². The van der Waals surface area contributed by atoms with Crippen LogP contribution in [0.3, 0.4) is 0 Å². The first-order valence-electron chi connectivity index (χ1n) is 5.78. The predicted octanol–water partition coefficient (Wildman–Crippen LogP) is 3.87. The van der Waals surface area contributed by atoms with Crippen LogP contribution in [0.15, 0.2) is 23.1 Å². The molecule has 3 nitrogen and oxygen atoms in total. The van der Waals surface area contributed by atoms with Gasteiger partial charge in [0.1, 0.15) is 16.5 Å². The first kappa shape index (κ1) is 16.1. The molecule has 0 aliphatic rings. The maximum atomic E-state index is 13.2. The molecule has 0 bridgehead atoms. The van der Waals surface area contributed by atoms with Gasteiger partial charge < -0.3 is 4.43 Å². The summed E-state index contributed by atoms with van der Waals surface area (Å²) in [5, 5.41) is -0.182. The number of rotatable bonds is 3. The summed E-state index contributed by atoms with van der Waals surface area (Å²) in [6, 6.07) is 2.84. The van der Waals surface area contributed by atoms with E-state index in [0.29, 0.717) is 6.07 Å². The maximum Gasteiger partial charge on any atom is 0.335 e. The Labute approximate surface area is 113 Å². The summed E-state index contributed by atoms with van der Waals surface area (Å²) in [6.45, 7) is 9.68. The summed E-state index contributed by atoms with van der Waals surface area (Å²) < 4.78 is 54.1. The van der Waals surface area contributed by atoms with E-state index in [0.717, 1.165) is 12.1 Å². The standard InChI is InChI=1S/C12H18F2O3SSi/c1-12(2,3)19(4,5)17-10-7-6-9(13)8-11(10)18(14,15)16/h6-8H,1-5H3. The average Bonchev–Trinajstić information content (AvgIpc) is 2.17. The molecule has 0 saturated carbocycles. The minimum Gasteiger partial charge on any atom is -0.543 e. The smallest absolute Gasteiger partial charge is 0.335 e. The highest BCUT2D eigenvalue weighted by molar-refractivity contribution is 7.86. The number of benzene rings is 1. The Morgan fingerprint density at radius 1 is 1.21 bits per heavy atom. The predicted molar refractivity (Wildman–Crippen MR) is 72.5 cm³/mol. The fourth-order valence-electron chi connectivity index (χ4n) is 1.18. The molecular weight excluding hydrogens is 290 g/mol. The molecule has 1 rings (SSSR count). The van der Waals surface area contributed by atoms with Gasteiger partial charge in [-0.25, -0.2) is 4.39 Å². The zero-order valence-electron chi connectivity index (χ0n) is 11.6. The third-order valence-corrected chi connectivity index (χ3v) is 8.53. The van der Waals surface area contributed by atoms with E-state index in [2.05, 4.69) is 0 Å². The highest BCUT2D eigenvalue weighted by Crippen LogP contribution is 2.39. The first-order chi connectivity index (χ1) is 8.34. The SMILES string of the molecule is CC(C)(C)[Si](C)(C)Oc1ccc(F)cc1S(=O)(=O)F. The monoisotopic (exact) mass is 308 g/mol. The fourth-order valence-corrected chi connectivity index (χ4v) is 2.90.